The van der Waals surface area contributed by atoms with Crippen LogP contribution in [0.3, 0.4) is 0 Å². The summed E-state index contributed by atoms with van der Waals surface area (Å²) in [4.78, 5) is 58.3. The summed E-state index contributed by atoms with van der Waals surface area (Å²) in [6, 6.07) is 8.57. The zero-order valence-electron chi connectivity index (χ0n) is 28.3. The highest BCUT2D eigenvalue weighted by atomic mass is 32.1. The van der Waals surface area contributed by atoms with Crippen molar-refractivity contribution in [3.8, 4) is 6.07 Å². The molecule has 1 aliphatic carbocycles. The van der Waals surface area contributed by atoms with Gasteiger partial charge in [-0.2, -0.15) is 10.4 Å². The average molecular weight is 690 g/mol. The highest BCUT2D eigenvalue weighted by Crippen LogP contribution is 2.34. The molecule has 3 aromatic rings. The van der Waals surface area contributed by atoms with E-state index in [-0.39, 0.29) is 29.7 Å². The Kier molecular flexibility index (Phi) is 12.0. The van der Waals surface area contributed by atoms with Gasteiger partial charge in [-0.25, -0.2) is 4.39 Å². The van der Waals surface area contributed by atoms with Gasteiger partial charge in [0.05, 0.1) is 16.1 Å². The number of benzene rings is 1. The standard InChI is InChI=1S/C36H44FN7O4S/c1-4-44-30(12-13-39-44)31(45)20-27(25-8-6-5-7-9-25)34(46)40-29-11-10-26(19-28(29)37)23(2)33(36(48)43-16-14-42(3)15-17-43)41-35(47)32-18-24(21-38)22-49-32/h10-13,18-19,22-23,25,27,33H,4-9,14-17,20H2,1-3H3,(H,40,46)(H,41,47)/t23-,27-,33+/m0/s1. The van der Waals surface area contributed by atoms with Crippen LogP contribution in [0.25, 0.3) is 0 Å². The van der Waals surface area contributed by atoms with Gasteiger partial charge in [0.2, 0.25) is 11.8 Å². The Bertz CT molecular complexity index is 1700. The number of nitrogens with one attached hydrogen (secondary N) is 2. The van der Waals surface area contributed by atoms with Crippen LogP contribution in [0.1, 0.15) is 89.6 Å². The van der Waals surface area contributed by atoms with Crippen molar-refractivity contribution in [3.05, 3.63) is 69.4 Å². The molecule has 49 heavy (non-hydrogen) atoms. The lowest BCUT2D eigenvalue weighted by molar-refractivity contribution is -0.135. The Labute approximate surface area is 290 Å². The number of ketones is 1. The minimum absolute atomic E-state index is 0.00874. The van der Waals surface area contributed by atoms with E-state index in [1.807, 2.05) is 20.0 Å². The van der Waals surface area contributed by atoms with Crippen LogP contribution >= 0.6 is 11.3 Å². The van der Waals surface area contributed by atoms with Crippen LogP contribution in [0.4, 0.5) is 10.1 Å². The minimum atomic E-state index is -0.998. The third-order valence-corrected chi connectivity index (χ3v) is 10.8. The lowest BCUT2D eigenvalue weighted by Gasteiger charge is -2.36. The number of nitriles is 1. The number of thiophene rings is 1. The van der Waals surface area contributed by atoms with Crippen molar-refractivity contribution in [1.82, 2.24) is 24.9 Å². The molecule has 2 N–H and O–H groups in total. The number of nitrogens with zero attached hydrogens (tertiary/aromatic N) is 5. The van der Waals surface area contributed by atoms with E-state index in [2.05, 4.69) is 20.6 Å². The number of halogens is 1. The predicted molar refractivity (Wildman–Crippen MR) is 185 cm³/mol. The first-order chi connectivity index (χ1) is 23.6. The molecule has 2 aliphatic rings. The van der Waals surface area contributed by atoms with Crippen LogP contribution in [0, 0.1) is 29.0 Å². The maximum atomic E-state index is 15.8. The zero-order valence-corrected chi connectivity index (χ0v) is 29.1. The van der Waals surface area contributed by atoms with Crippen molar-refractivity contribution in [3.63, 3.8) is 0 Å². The van der Waals surface area contributed by atoms with Crippen molar-refractivity contribution in [1.29, 1.82) is 5.26 Å². The number of anilines is 1. The van der Waals surface area contributed by atoms with Crippen LogP contribution < -0.4 is 10.6 Å². The maximum Gasteiger partial charge on any atom is 0.262 e. The lowest BCUT2D eigenvalue weighted by Crippen LogP contribution is -2.55. The molecule has 2 aromatic heterocycles. The number of carbonyl (C=O) groups is 4. The summed E-state index contributed by atoms with van der Waals surface area (Å²) in [5, 5.41) is 20.6. The molecular weight excluding hydrogens is 646 g/mol. The monoisotopic (exact) mass is 689 g/mol. The molecule has 1 saturated heterocycles. The summed E-state index contributed by atoms with van der Waals surface area (Å²) in [5.74, 6) is -3.23. The first-order valence-corrected chi connectivity index (χ1v) is 17.9. The van der Waals surface area contributed by atoms with Gasteiger partial charge in [-0.1, -0.05) is 32.3 Å². The second-order valence-electron chi connectivity index (χ2n) is 13.1. The van der Waals surface area contributed by atoms with Gasteiger partial charge in [0.15, 0.2) is 5.78 Å². The Morgan fingerprint density at radius 1 is 1.08 bits per heavy atom. The third-order valence-electron chi connectivity index (χ3n) is 9.86. The van der Waals surface area contributed by atoms with Gasteiger partial charge in [-0.15, -0.1) is 11.3 Å². The normalized spacial score (nSPS) is 17.5. The second kappa shape index (κ2) is 16.3. The number of aryl methyl sites for hydroxylation is 1. The zero-order chi connectivity index (χ0) is 35.1. The maximum absolute atomic E-state index is 15.8. The fourth-order valence-electron chi connectivity index (χ4n) is 6.82. The molecule has 3 heterocycles. The number of aromatic nitrogens is 2. The van der Waals surface area contributed by atoms with E-state index in [0.29, 0.717) is 54.4 Å². The molecule has 5 rings (SSSR count). The van der Waals surface area contributed by atoms with Crippen LogP contribution in [0.15, 0.2) is 41.9 Å². The van der Waals surface area contributed by atoms with Gasteiger partial charge in [-0.05, 0) is 62.6 Å². The summed E-state index contributed by atoms with van der Waals surface area (Å²) in [6.45, 7) is 6.56. The molecular formula is C36H44FN7O4S. The molecule has 0 bridgehead atoms. The van der Waals surface area contributed by atoms with Crippen LogP contribution in [-0.4, -0.2) is 82.4 Å². The third kappa shape index (κ3) is 8.61. The van der Waals surface area contributed by atoms with Crippen molar-refractivity contribution in [2.45, 2.75) is 70.9 Å². The molecule has 0 radical (unpaired) electrons. The fraction of sp³-hybridized carbons (Fsp3) is 0.500. The van der Waals surface area contributed by atoms with Gasteiger partial charge >= 0.3 is 0 Å². The van der Waals surface area contributed by atoms with Gasteiger partial charge < -0.3 is 20.4 Å². The van der Waals surface area contributed by atoms with E-state index in [9.17, 15) is 24.4 Å². The number of Topliss-reactive ketones (excluding diaryl/α,β-unsaturated/α-hetero) is 1. The molecule has 13 heteroatoms. The van der Waals surface area contributed by atoms with E-state index in [1.54, 1.807) is 40.2 Å². The number of piperazine rings is 1. The highest BCUT2D eigenvalue weighted by Gasteiger charge is 2.35. The molecule has 1 aromatic carbocycles. The quantitative estimate of drug-likeness (QED) is 0.254. The Morgan fingerprint density at radius 2 is 1.82 bits per heavy atom. The number of amides is 3. The molecule has 11 nitrogen and oxygen atoms in total. The summed E-state index contributed by atoms with van der Waals surface area (Å²) in [6.07, 6.45) is 6.29. The lowest BCUT2D eigenvalue weighted by atomic mass is 9.77. The van der Waals surface area contributed by atoms with Crippen LogP contribution in [-0.2, 0) is 16.1 Å². The van der Waals surface area contributed by atoms with Gasteiger partial charge in [0, 0.05) is 62.6 Å². The molecule has 0 unspecified atom stereocenters. The summed E-state index contributed by atoms with van der Waals surface area (Å²) in [5.41, 5.74) is 1.27. The van der Waals surface area contributed by atoms with E-state index >= 15 is 4.39 Å². The molecule has 2 fully saturated rings. The Balaban J connectivity index is 1.35. The van der Waals surface area contributed by atoms with Crippen molar-refractivity contribution in [2.75, 3.05) is 38.5 Å². The van der Waals surface area contributed by atoms with Crippen LogP contribution in [0.5, 0.6) is 0 Å². The molecule has 3 amide bonds. The van der Waals surface area contributed by atoms with Gasteiger partial charge in [0.25, 0.3) is 5.91 Å². The first-order valence-electron chi connectivity index (χ1n) is 17.0. The number of hydrogen-bond acceptors (Lipinski definition) is 8. The van der Waals surface area contributed by atoms with Crippen molar-refractivity contribution >= 4 is 40.5 Å². The Morgan fingerprint density at radius 3 is 2.47 bits per heavy atom. The summed E-state index contributed by atoms with van der Waals surface area (Å²) >= 11 is 1.11. The SMILES string of the molecule is CCn1nccc1C(=O)C[C@H](C(=O)Nc1ccc([C@H](C)[C@@H](NC(=O)c2cc(C#N)cs2)C(=O)N2CCN(C)CC2)cc1F)C1CCCCC1. The van der Waals surface area contributed by atoms with Crippen molar-refractivity contribution < 1.29 is 23.6 Å². The first kappa shape index (κ1) is 35.9. The van der Waals surface area contributed by atoms with E-state index < -0.39 is 35.5 Å². The van der Waals surface area contributed by atoms with Gasteiger partial charge in [-0.3, -0.25) is 23.9 Å². The number of likely N-dealkylation sites (N-methyl/N-ethyl adjacent to an activating group) is 1. The summed E-state index contributed by atoms with van der Waals surface area (Å²) < 4.78 is 17.4. The van der Waals surface area contributed by atoms with E-state index in [4.69, 9.17) is 0 Å². The number of hydrogen-bond donors (Lipinski definition) is 2. The van der Waals surface area contributed by atoms with E-state index in [1.165, 1.54) is 18.2 Å². The Hall–Kier alpha value is -4.41. The summed E-state index contributed by atoms with van der Waals surface area (Å²) in [7, 11) is 1.98. The minimum Gasteiger partial charge on any atom is -0.339 e. The fourth-order valence-corrected chi connectivity index (χ4v) is 7.56. The topological polar surface area (TPSA) is 140 Å². The second-order valence-corrected chi connectivity index (χ2v) is 14.0. The largest absolute Gasteiger partial charge is 0.339 e. The molecule has 1 aliphatic heterocycles. The molecule has 3 atom stereocenters. The van der Waals surface area contributed by atoms with Gasteiger partial charge in [0.1, 0.15) is 23.6 Å². The van der Waals surface area contributed by atoms with Crippen LogP contribution in [0.2, 0.25) is 0 Å². The van der Waals surface area contributed by atoms with Crippen molar-refractivity contribution in [2.24, 2.45) is 11.8 Å². The number of carbonyl (C=O) groups excluding carboxylic acids is 4. The average Bonchev–Trinajstić information content (AvgIpc) is 3.81. The molecule has 260 valence electrons. The smallest absolute Gasteiger partial charge is 0.262 e. The predicted octanol–water partition coefficient (Wildman–Crippen LogP) is 5.06. The number of rotatable bonds is 12. The molecule has 0 spiro atoms. The molecule has 1 saturated carbocycles. The van der Waals surface area contributed by atoms with E-state index in [0.717, 1.165) is 43.4 Å². The highest BCUT2D eigenvalue weighted by molar-refractivity contribution is 7.12.